The van der Waals surface area contributed by atoms with Gasteiger partial charge < -0.3 is 5.32 Å². The van der Waals surface area contributed by atoms with Crippen molar-refractivity contribution < 1.29 is 14.4 Å². The van der Waals surface area contributed by atoms with Gasteiger partial charge in [-0.1, -0.05) is 31.4 Å². The van der Waals surface area contributed by atoms with Crippen LogP contribution in [0.4, 0.5) is 5.69 Å². The zero-order valence-electron chi connectivity index (χ0n) is 13.4. The summed E-state index contributed by atoms with van der Waals surface area (Å²) in [7, 11) is 0. The van der Waals surface area contributed by atoms with Crippen molar-refractivity contribution in [3.8, 4) is 0 Å². The standard InChI is InChI=1S/C17H23N3O3/c1-12(21)18-15-9-7-13(8-10-15)11-16(22)19-20-17(23)14-5-3-2-4-6-14/h7-10,14H,2-6,11H2,1H3,(H,18,21)(H,19,22)(H,20,23). The highest BCUT2D eigenvalue weighted by Crippen LogP contribution is 2.23. The predicted octanol–water partition coefficient (Wildman–Crippen LogP) is 1.92. The highest BCUT2D eigenvalue weighted by molar-refractivity contribution is 5.88. The second-order valence-corrected chi connectivity index (χ2v) is 5.93. The van der Waals surface area contributed by atoms with Gasteiger partial charge in [-0.05, 0) is 30.5 Å². The van der Waals surface area contributed by atoms with Crippen LogP contribution in [-0.4, -0.2) is 17.7 Å². The summed E-state index contributed by atoms with van der Waals surface area (Å²) in [4.78, 5) is 34.7. The van der Waals surface area contributed by atoms with Crippen LogP contribution >= 0.6 is 0 Å². The normalized spacial score (nSPS) is 14.8. The van der Waals surface area contributed by atoms with Gasteiger partial charge >= 0.3 is 0 Å². The SMILES string of the molecule is CC(=O)Nc1ccc(CC(=O)NNC(=O)C2CCCCC2)cc1. The summed E-state index contributed by atoms with van der Waals surface area (Å²) in [5.41, 5.74) is 6.48. The summed E-state index contributed by atoms with van der Waals surface area (Å²) < 4.78 is 0. The molecule has 124 valence electrons. The average Bonchev–Trinajstić information content (AvgIpc) is 2.55. The lowest BCUT2D eigenvalue weighted by atomic mass is 9.89. The molecular formula is C17H23N3O3. The fourth-order valence-electron chi connectivity index (χ4n) is 2.74. The first kappa shape index (κ1) is 17.0. The van der Waals surface area contributed by atoms with Crippen molar-refractivity contribution in [1.82, 2.24) is 10.9 Å². The smallest absolute Gasteiger partial charge is 0.242 e. The van der Waals surface area contributed by atoms with Gasteiger partial charge in [0.05, 0.1) is 6.42 Å². The average molecular weight is 317 g/mol. The number of nitrogens with one attached hydrogen (secondary N) is 3. The molecule has 1 aliphatic rings. The molecule has 0 bridgehead atoms. The Balaban J connectivity index is 1.75. The third-order valence-electron chi connectivity index (χ3n) is 3.94. The van der Waals surface area contributed by atoms with Gasteiger partial charge in [-0.15, -0.1) is 0 Å². The van der Waals surface area contributed by atoms with Crippen LogP contribution in [0.1, 0.15) is 44.6 Å². The summed E-state index contributed by atoms with van der Waals surface area (Å²) in [5, 5.41) is 2.67. The number of carbonyl (C=O) groups is 3. The topological polar surface area (TPSA) is 87.3 Å². The van der Waals surface area contributed by atoms with Gasteiger partial charge in [0.2, 0.25) is 17.7 Å². The molecule has 1 saturated carbocycles. The van der Waals surface area contributed by atoms with Gasteiger partial charge in [-0.2, -0.15) is 0 Å². The molecule has 1 aromatic rings. The van der Waals surface area contributed by atoms with Crippen molar-refractivity contribution >= 4 is 23.4 Å². The van der Waals surface area contributed by atoms with Gasteiger partial charge in [-0.3, -0.25) is 25.2 Å². The fourth-order valence-corrected chi connectivity index (χ4v) is 2.74. The molecule has 2 rings (SSSR count). The largest absolute Gasteiger partial charge is 0.326 e. The summed E-state index contributed by atoms with van der Waals surface area (Å²) in [6, 6.07) is 7.02. The minimum Gasteiger partial charge on any atom is -0.326 e. The molecule has 0 unspecified atom stereocenters. The predicted molar refractivity (Wildman–Crippen MR) is 87.3 cm³/mol. The van der Waals surface area contributed by atoms with E-state index in [1.165, 1.54) is 13.3 Å². The maximum absolute atomic E-state index is 11.9. The molecule has 0 aromatic heterocycles. The van der Waals surface area contributed by atoms with Crippen LogP contribution in [0.25, 0.3) is 0 Å². The molecule has 1 aliphatic carbocycles. The third kappa shape index (κ3) is 5.73. The van der Waals surface area contributed by atoms with Gasteiger partial charge in [0.25, 0.3) is 0 Å². The van der Waals surface area contributed by atoms with E-state index in [0.717, 1.165) is 31.2 Å². The summed E-state index contributed by atoms with van der Waals surface area (Å²) in [6.45, 7) is 1.44. The van der Waals surface area contributed by atoms with E-state index in [1.807, 2.05) is 0 Å². The van der Waals surface area contributed by atoms with Crippen LogP contribution in [0.15, 0.2) is 24.3 Å². The molecule has 6 nitrogen and oxygen atoms in total. The minimum atomic E-state index is -0.263. The van der Waals surface area contributed by atoms with Crippen molar-refractivity contribution in [2.75, 3.05) is 5.32 Å². The first-order valence-electron chi connectivity index (χ1n) is 8.00. The lowest BCUT2D eigenvalue weighted by molar-refractivity contribution is -0.131. The second kappa shape index (κ2) is 8.31. The molecule has 0 spiro atoms. The highest BCUT2D eigenvalue weighted by Gasteiger charge is 2.21. The van der Waals surface area contributed by atoms with E-state index in [1.54, 1.807) is 24.3 Å². The van der Waals surface area contributed by atoms with Gasteiger partial charge in [0, 0.05) is 18.5 Å². The molecular weight excluding hydrogens is 294 g/mol. The summed E-state index contributed by atoms with van der Waals surface area (Å²) in [6.07, 6.45) is 5.30. The minimum absolute atomic E-state index is 0.0148. The molecule has 23 heavy (non-hydrogen) atoms. The Morgan fingerprint density at radius 3 is 2.26 bits per heavy atom. The molecule has 0 aliphatic heterocycles. The van der Waals surface area contributed by atoms with E-state index in [2.05, 4.69) is 16.2 Å². The number of anilines is 1. The Bertz CT molecular complexity index is 563. The number of rotatable bonds is 4. The molecule has 1 aromatic carbocycles. The van der Waals surface area contributed by atoms with E-state index < -0.39 is 0 Å². The van der Waals surface area contributed by atoms with E-state index in [-0.39, 0.29) is 30.1 Å². The zero-order chi connectivity index (χ0) is 16.7. The molecule has 0 saturated heterocycles. The maximum Gasteiger partial charge on any atom is 0.242 e. The fraction of sp³-hybridized carbons (Fsp3) is 0.471. The summed E-state index contributed by atoms with van der Waals surface area (Å²) in [5.74, 6) is -0.484. The van der Waals surface area contributed by atoms with Crippen molar-refractivity contribution in [2.45, 2.75) is 45.4 Å². The first-order valence-corrected chi connectivity index (χ1v) is 8.00. The van der Waals surface area contributed by atoms with Crippen LogP contribution in [-0.2, 0) is 20.8 Å². The molecule has 0 radical (unpaired) electrons. The van der Waals surface area contributed by atoms with Crippen molar-refractivity contribution in [1.29, 1.82) is 0 Å². The van der Waals surface area contributed by atoms with Crippen LogP contribution in [0.5, 0.6) is 0 Å². The van der Waals surface area contributed by atoms with E-state index in [0.29, 0.717) is 5.69 Å². The first-order chi connectivity index (χ1) is 11.0. The monoisotopic (exact) mass is 317 g/mol. The molecule has 0 atom stereocenters. The maximum atomic E-state index is 11.9. The number of benzene rings is 1. The Kier molecular flexibility index (Phi) is 6.14. The van der Waals surface area contributed by atoms with Crippen molar-refractivity contribution in [3.63, 3.8) is 0 Å². The van der Waals surface area contributed by atoms with Crippen LogP contribution in [0, 0.1) is 5.92 Å². The van der Waals surface area contributed by atoms with Crippen LogP contribution < -0.4 is 16.2 Å². The number of hydrazine groups is 1. The molecule has 3 N–H and O–H groups in total. The number of carbonyl (C=O) groups excluding carboxylic acids is 3. The molecule has 6 heteroatoms. The molecule has 1 fully saturated rings. The van der Waals surface area contributed by atoms with E-state index in [9.17, 15) is 14.4 Å². The van der Waals surface area contributed by atoms with Crippen LogP contribution in [0.3, 0.4) is 0 Å². The van der Waals surface area contributed by atoms with E-state index >= 15 is 0 Å². The number of amides is 3. The lowest BCUT2D eigenvalue weighted by Crippen LogP contribution is -2.45. The second-order valence-electron chi connectivity index (χ2n) is 5.93. The van der Waals surface area contributed by atoms with Crippen molar-refractivity contribution in [2.24, 2.45) is 5.92 Å². The Labute approximate surface area is 136 Å². The number of hydrogen-bond donors (Lipinski definition) is 3. The molecule has 3 amide bonds. The highest BCUT2D eigenvalue weighted by atomic mass is 16.2. The Morgan fingerprint density at radius 2 is 1.65 bits per heavy atom. The summed E-state index contributed by atoms with van der Waals surface area (Å²) >= 11 is 0. The molecule has 0 heterocycles. The zero-order valence-corrected chi connectivity index (χ0v) is 13.4. The van der Waals surface area contributed by atoms with Gasteiger partial charge in [0.1, 0.15) is 0 Å². The van der Waals surface area contributed by atoms with Crippen LogP contribution in [0.2, 0.25) is 0 Å². The number of hydrogen-bond acceptors (Lipinski definition) is 3. The van der Waals surface area contributed by atoms with Gasteiger partial charge in [-0.25, -0.2) is 0 Å². The Hall–Kier alpha value is -2.37. The Morgan fingerprint density at radius 1 is 1.00 bits per heavy atom. The van der Waals surface area contributed by atoms with Gasteiger partial charge in [0.15, 0.2) is 0 Å². The quantitative estimate of drug-likeness (QED) is 0.741. The third-order valence-corrected chi connectivity index (χ3v) is 3.94. The lowest BCUT2D eigenvalue weighted by Gasteiger charge is -2.20. The van der Waals surface area contributed by atoms with Crippen molar-refractivity contribution in [3.05, 3.63) is 29.8 Å². The van der Waals surface area contributed by atoms with E-state index in [4.69, 9.17) is 0 Å².